The minimum Gasteiger partial charge on any atom is -0.279 e. The summed E-state index contributed by atoms with van der Waals surface area (Å²) in [4.78, 5) is 1.01. The van der Waals surface area contributed by atoms with E-state index in [4.69, 9.17) is 5.26 Å². The number of anilines is 1. The molecule has 6 heteroatoms. The minimum atomic E-state index is -3.60. The molecule has 0 heterocycles. The molecule has 1 N–H and O–H groups in total. The zero-order valence-electron chi connectivity index (χ0n) is 11.6. The second-order valence-corrected chi connectivity index (χ2v) is 7.13. The SMILES string of the molecule is Cc1ccc(S(=O)(=O)Nc2ccc(SC#N)cc2C)cc1. The van der Waals surface area contributed by atoms with Gasteiger partial charge < -0.3 is 0 Å². The summed E-state index contributed by atoms with van der Waals surface area (Å²) in [7, 11) is -3.60. The molecule has 2 aromatic rings. The van der Waals surface area contributed by atoms with Gasteiger partial charge in [0, 0.05) is 4.90 Å². The number of hydrogen-bond acceptors (Lipinski definition) is 4. The molecular formula is C15H14N2O2S2. The molecule has 0 atom stereocenters. The van der Waals surface area contributed by atoms with Gasteiger partial charge >= 0.3 is 0 Å². The third-order valence-corrected chi connectivity index (χ3v) is 4.90. The molecule has 0 saturated heterocycles. The first-order chi connectivity index (χ1) is 9.92. The molecule has 0 radical (unpaired) electrons. The summed E-state index contributed by atoms with van der Waals surface area (Å²) >= 11 is 1.04. The Morgan fingerprint density at radius 2 is 1.76 bits per heavy atom. The average Bonchev–Trinajstić information content (AvgIpc) is 2.42. The molecule has 21 heavy (non-hydrogen) atoms. The van der Waals surface area contributed by atoms with Gasteiger partial charge in [-0.15, -0.1) is 0 Å². The molecule has 0 unspecified atom stereocenters. The van der Waals surface area contributed by atoms with Crippen LogP contribution < -0.4 is 4.72 Å². The van der Waals surface area contributed by atoms with Gasteiger partial charge in [0.2, 0.25) is 0 Å². The van der Waals surface area contributed by atoms with Crippen molar-refractivity contribution in [2.75, 3.05) is 4.72 Å². The summed E-state index contributed by atoms with van der Waals surface area (Å²) in [5.41, 5.74) is 2.28. The van der Waals surface area contributed by atoms with E-state index in [9.17, 15) is 8.42 Å². The maximum absolute atomic E-state index is 12.3. The zero-order valence-corrected chi connectivity index (χ0v) is 13.3. The topological polar surface area (TPSA) is 70.0 Å². The van der Waals surface area contributed by atoms with Crippen molar-refractivity contribution in [3.63, 3.8) is 0 Å². The van der Waals surface area contributed by atoms with Crippen molar-refractivity contribution in [1.82, 2.24) is 0 Å². The molecule has 0 fully saturated rings. The smallest absolute Gasteiger partial charge is 0.261 e. The molecule has 0 aliphatic rings. The number of rotatable bonds is 4. The monoisotopic (exact) mass is 318 g/mol. The van der Waals surface area contributed by atoms with Gasteiger partial charge in [-0.2, -0.15) is 5.26 Å². The number of nitriles is 1. The van der Waals surface area contributed by atoms with Gasteiger partial charge in [-0.05, 0) is 61.5 Å². The third-order valence-electron chi connectivity index (χ3n) is 2.94. The lowest BCUT2D eigenvalue weighted by Gasteiger charge is -2.11. The van der Waals surface area contributed by atoms with Gasteiger partial charge in [-0.3, -0.25) is 4.72 Å². The summed E-state index contributed by atoms with van der Waals surface area (Å²) in [6, 6.07) is 11.8. The summed E-state index contributed by atoms with van der Waals surface area (Å²) in [6.07, 6.45) is 0. The first kappa shape index (κ1) is 15.4. The summed E-state index contributed by atoms with van der Waals surface area (Å²) < 4.78 is 27.2. The van der Waals surface area contributed by atoms with Crippen molar-refractivity contribution in [2.24, 2.45) is 0 Å². The Hall–Kier alpha value is -1.97. The molecule has 4 nitrogen and oxygen atoms in total. The fourth-order valence-electron chi connectivity index (χ4n) is 1.79. The second-order valence-electron chi connectivity index (χ2n) is 4.59. The quantitative estimate of drug-likeness (QED) is 0.689. The predicted molar refractivity (Wildman–Crippen MR) is 84.6 cm³/mol. The van der Waals surface area contributed by atoms with E-state index >= 15 is 0 Å². The molecule has 2 rings (SSSR count). The Morgan fingerprint density at radius 3 is 2.33 bits per heavy atom. The molecular weight excluding hydrogens is 304 g/mol. The zero-order chi connectivity index (χ0) is 15.5. The molecule has 2 aromatic carbocycles. The maximum atomic E-state index is 12.3. The molecule has 0 aliphatic carbocycles. The molecule has 0 spiro atoms. The molecule has 108 valence electrons. The maximum Gasteiger partial charge on any atom is 0.261 e. The Kier molecular flexibility index (Phi) is 4.56. The van der Waals surface area contributed by atoms with E-state index in [-0.39, 0.29) is 4.90 Å². The van der Waals surface area contributed by atoms with Crippen LogP contribution in [0.2, 0.25) is 0 Å². The normalized spacial score (nSPS) is 10.9. The van der Waals surface area contributed by atoms with Crippen LogP contribution in [0.5, 0.6) is 0 Å². The van der Waals surface area contributed by atoms with Crippen LogP contribution in [0.4, 0.5) is 5.69 Å². The van der Waals surface area contributed by atoms with Crippen LogP contribution in [0, 0.1) is 24.5 Å². The van der Waals surface area contributed by atoms with Gasteiger partial charge in [0.1, 0.15) is 5.40 Å². The first-order valence-electron chi connectivity index (χ1n) is 6.18. The van der Waals surface area contributed by atoms with E-state index < -0.39 is 10.0 Å². The highest BCUT2D eigenvalue weighted by Gasteiger charge is 2.15. The van der Waals surface area contributed by atoms with Crippen LogP contribution in [0.25, 0.3) is 0 Å². The largest absolute Gasteiger partial charge is 0.279 e. The lowest BCUT2D eigenvalue weighted by atomic mass is 10.2. The standard InChI is InChI=1S/C15H14N2O2S2/c1-11-3-6-14(7-4-11)21(18,19)17-15-8-5-13(20-10-16)9-12(15)2/h3-9,17H,1-2H3. The number of sulfonamides is 1. The van der Waals surface area contributed by atoms with Gasteiger partial charge in [0.15, 0.2) is 0 Å². The van der Waals surface area contributed by atoms with Gasteiger partial charge in [0.25, 0.3) is 10.0 Å². The minimum absolute atomic E-state index is 0.225. The van der Waals surface area contributed by atoms with Crippen molar-refractivity contribution < 1.29 is 8.42 Å². The Bertz CT molecular complexity index is 791. The Labute approximate surface area is 128 Å². The number of aryl methyl sites for hydroxylation is 2. The van der Waals surface area contributed by atoms with Gasteiger partial charge in [0.05, 0.1) is 10.6 Å². The van der Waals surface area contributed by atoms with Crippen LogP contribution in [-0.4, -0.2) is 8.42 Å². The van der Waals surface area contributed by atoms with Crippen molar-refractivity contribution in [1.29, 1.82) is 5.26 Å². The summed E-state index contributed by atoms with van der Waals surface area (Å²) in [5, 5.41) is 10.6. The average molecular weight is 318 g/mol. The van der Waals surface area contributed by atoms with Crippen LogP contribution >= 0.6 is 11.8 Å². The molecule has 0 aliphatic heterocycles. The highest BCUT2D eigenvalue weighted by Crippen LogP contribution is 2.25. The number of nitrogens with zero attached hydrogens (tertiary/aromatic N) is 1. The lowest BCUT2D eigenvalue weighted by molar-refractivity contribution is 0.601. The summed E-state index contributed by atoms with van der Waals surface area (Å²) in [6.45, 7) is 3.70. The molecule has 0 saturated carbocycles. The fourth-order valence-corrected chi connectivity index (χ4v) is 3.40. The van der Waals surface area contributed by atoms with Crippen LogP contribution in [0.3, 0.4) is 0 Å². The number of thiocyanates is 1. The van der Waals surface area contributed by atoms with Crippen molar-refractivity contribution >= 4 is 27.5 Å². The van der Waals surface area contributed by atoms with Crippen molar-refractivity contribution in [3.8, 4) is 5.40 Å². The van der Waals surface area contributed by atoms with E-state index in [1.165, 1.54) is 0 Å². The third kappa shape index (κ3) is 3.78. The molecule has 0 aromatic heterocycles. The van der Waals surface area contributed by atoms with E-state index in [1.54, 1.807) is 49.4 Å². The Morgan fingerprint density at radius 1 is 1.10 bits per heavy atom. The number of thioether (sulfide) groups is 1. The van der Waals surface area contributed by atoms with E-state index in [2.05, 4.69) is 4.72 Å². The van der Waals surface area contributed by atoms with Crippen molar-refractivity contribution in [3.05, 3.63) is 53.6 Å². The molecule has 0 amide bonds. The van der Waals surface area contributed by atoms with Crippen molar-refractivity contribution in [2.45, 2.75) is 23.6 Å². The number of benzene rings is 2. The second kappa shape index (κ2) is 6.20. The van der Waals surface area contributed by atoms with E-state index in [0.29, 0.717) is 5.69 Å². The Balaban J connectivity index is 2.29. The highest BCUT2D eigenvalue weighted by molar-refractivity contribution is 8.03. The van der Waals surface area contributed by atoms with E-state index in [1.807, 2.05) is 12.3 Å². The summed E-state index contributed by atoms with van der Waals surface area (Å²) in [5.74, 6) is 0. The van der Waals surface area contributed by atoms with Gasteiger partial charge in [-0.25, -0.2) is 8.42 Å². The van der Waals surface area contributed by atoms with Crippen LogP contribution in [0.15, 0.2) is 52.3 Å². The van der Waals surface area contributed by atoms with E-state index in [0.717, 1.165) is 27.8 Å². The lowest BCUT2D eigenvalue weighted by Crippen LogP contribution is -2.13. The molecule has 0 bridgehead atoms. The highest BCUT2D eigenvalue weighted by atomic mass is 32.2. The number of nitrogens with one attached hydrogen (secondary N) is 1. The van der Waals surface area contributed by atoms with Gasteiger partial charge in [-0.1, -0.05) is 17.7 Å². The number of hydrogen-bond donors (Lipinski definition) is 1. The van der Waals surface area contributed by atoms with Crippen LogP contribution in [-0.2, 0) is 10.0 Å². The first-order valence-corrected chi connectivity index (χ1v) is 8.48. The van der Waals surface area contributed by atoms with Crippen LogP contribution in [0.1, 0.15) is 11.1 Å². The predicted octanol–water partition coefficient (Wildman–Crippen LogP) is 3.68. The fraction of sp³-hybridized carbons (Fsp3) is 0.133.